The molecule has 2 aromatic rings. The Morgan fingerprint density at radius 1 is 1.04 bits per heavy atom. The van der Waals surface area contributed by atoms with Crippen LogP contribution < -0.4 is 3.87 Å². The van der Waals surface area contributed by atoms with Gasteiger partial charge < -0.3 is 0 Å². The second-order valence-corrected chi connectivity index (χ2v) is 10.1. The van der Waals surface area contributed by atoms with Crippen molar-refractivity contribution >= 4 is 45.0 Å². The number of likely N-dealkylation sites (N-methyl/N-ethyl adjacent to an activating group) is 1. The minimum absolute atomic E-state index is 0. The smallest absolute Gasteiger partial charge is 0.147 e. The molecule has 0 atom stereocenters. The van der Waals surface area contributed by atoms with E-state index in [4.69, 9.17) is 3.32 Å². The molecule has 0 saturated heterocycles. The number of rotatable bonds is 6. The molecule has 152 valence electrons. The summed E-state index contributed by atoms with van der Waals surface area (Å²) in [5.74, 6) is 0. The van der Waals surface area contributed by atoms with Crippen LogP contribution in [0.4, 0.5) is 0 Å². The first-order valence-electron chi connectivity index (χ1n) is 9.28. The van der Waals surface area contributed by atoms with E-state index >= 15 is 0 Å². The molecule has 0 spiro atoms. The molecule has 0 aliphatic heterocycles. The molecule has 0 N–H and O–H groups in total. The third kappa shape index (κ3) is 6.73. The Kier molecular flexibility index (Phi) is 9.96. The molecule has 0 amide bonds. The Hall–Kier alpha value is -0.606. The normalized spacial score (nSPS) is 13.6. The van der Waals surface area contributed by atoms with Crippen LogP contribution in [0.15, 0.2) is 54.1 Å². The van der Waals surface area contributed by atoms with Crippen molar-refractivity contribution in [2.45, 2.75) is 27.2 Å². The van der Waals surface area contributed by atoms with E-state index in [2.05, 4.69) is 88.3 Å². The first-order chi connectivity index (χ1) is 12.3. The number of hydrogen-bond acceptors (Lipinski definition) is 2. The SMILES string of the molecule is CN(C)CC1=CCC(c2ccc3ccccc3[c]2[Ti][O]CC(C)(C)C)=C1.Cl.Cl. The minimum atomic E-state index is -0.644. The molecule has 1 aliphatic rings. The van der Waals surface area contributed by atoms with Gasteiger partial charge in [-0.1, -0.05) is 0 Å². The topological polar surface area (TPSA) is 12.5 Å². The van der Waals surface area contributed by atoms with E-state index in [1.165, 1.54) is 31.4 Å². The van der Waals surface area contributed by atoms with Gasteiger partial charge >= 0.3 is 168 Å². The summed E-state index contributed by atoms with van der Waals surface area (Å²) in [5, 5.41) is 2.68. The summed E-state index contributed by atoms with van der Waals surface area (Å²) in [7, 11) is 4.25. The zero-order valence-corrected chi connectivity index (χ0v) is 20.6. The standard InChI is InChI=1S/C18H18N.C5H11O.2ClH.Ti/c1-19(2)13-14-7-8-17(11-14)18-10-9-15-5-3-4-6-16(15)12-18;1-5(2,3)4-6;;;/h3-7,9-11H,8,13H2,1-2H3;4H2,1-3H3;2*1H;/q;-1;;;+1. The van der Waals surface area contributed by atoms with Gasteiger partial charge in [-0.15, -0.1) is 24.8 Å². The molecule has 0 aromatic heterocycles. The van der Waals surface area contributed by atoms with Crippen LogP contribution in [0.25, 0.3) is 16.3 Å². The predicted octanol–water partition coefficient (Wildman–Crippen LogP) is 5.64. The van der Waals surface area contributed by atoms with Crippen LogP contribution in [0.1, 0.15) is 32.8 Å². The Balaban J connectivity index is 0.00000196. The van der Waals surface area contributed by atoms with Crippen LogP contribution in [-0.2, 0) is 22.9 Å². The van der Waals surface area contributed by atoms with E-state index < -0.39 is 19.5 Å². The van der Waals surface area contributed by atoms with Crippen LogP contribution in [-0.4, -0.2) is 32.1 Å². The quantitative estimate of drug-likeness (QED) is 0.522. The van der Waals surface area contributed by atoms with Crippen LogP contribution in [0.2, 0.25) is 0 Å². The van der Waals surface area contributed by atoms with Crippen molar-refractivity contribution in [3.05, 3.63) is 59.7 Å². The molecular formula is C23H31Cl2NOTi. The van der Waals surface area contributed by atoms with Crippen LogP contribution >= 0.6 is 24.8 Å². The van der Waals surface area contributed by atoms with Gasteiger partial charge in [0.15, 0.2) is 0 Å². The number of halogens is 2. The molecule has 0 saturated carbocycles. The summed E-state index contributed by atoms with van der Waals surface area (Å²) >= 11 is -0.644. The second-order valence-electron chi connectivity index (χ2n) is 8.55. The Morgan fingerprint density at radius 2 is 1.75 bits per heavy atom. The number of nitrogens with zero attached hydrogens (tertiary/aromatic N) is 1. The molecule has 0 fully saturated rings. The fourth-order valence-corrected chi connectivity index (χ4v) is 5.31. The van der Waals surface area contributed by atoms with Gasteiger partial charge in [-0.3, -0.25) is 0 Å². The fourth-order valence-electron chi connectivity index (χ4n) is 3.22. The van der Waals surface area contributed by atoms with E-state index in [-0.39, 0.29) is 30.2 Å². The van der Waals surface area contributed by atoms with Gasteiger partial charge in [0.25, 0.3) is 0 Å². The van der Waals surface area contributed by atoms with Crippen molar-refractivity contribution in [1.29, 1.82) is 0 Å². The van der Waals surface area contributed by atoms with Crippen molar-refractivity contribution in [1.82, 2.24) is 4.90 Å². The Bertz CT molecular complexity index is 853. The molecule has 5 heteroatoms. The van der Waals surface area contributed by atoms with E-state index in [0.29, 0.717) is 0 Å². The molecular weight excluding hydrogens is 425 g/mol. The number of hydrogen-bond donors (Lipinski definition) is 0. The molecule has 3 rings (SSSR count). The van der Waals surface area contributed by atoms with Gasteiger partial charge in [-0.25, -0.2) is 0 Å². The van der Waals surface area contributed by atoms with E-state index in [1.807, 2.05) is 0 Å². The van der Waals surface area contributed by atoms with Crippen molar-refractivity contribution in [3.63, 3.8) is 0 Å². The average molecular weight is 456 g/mol. The summed E-state index contributed by atoms with van der Waals surface area (Å²) in [6.45, 7) is 8.53. The van der Waals surface area contributed by atoms with Gasteiger partial charge in [0, 0.05) is 0 Å². The maximum atomic E-state index is 6.26. The first-order valence-corrected chi connectivity index (χ1v) is 10.7. The maximum absolute atomic E-state index is 6.26. The summed E-state index contributed by atoms with van der Waals surface area (Å²) in [6.07, 6.45) is 5.77. The van der Waals surface area contributed by atoms with Gasteiger partial charge in [-0.2, -0.15) is 0 Å². The van der Waals surface area contributed by atoms with Crippen molar-refractivity contribution in [3.8, 4) is 0 Å². The summed E-state index contributed by atoms with van der Waals surface area (Å²) in [6, 6.07) is 13.3. The third-order valence-electron chi connectivity index (χ3n) is 4.40. The van der Waals surface area contributed by atoms with Gasteiger partial charge in [0.1, 0.15) is 0 Å². The molecule has 0 bridgehead atoms. The zero-order valence-electron chi connectivity index (χ0n) is 17.4. The number of fused-ring (bicyclic) bond motifs is 1. The predicted molar refractivity (Wildman–Crippen MR) is 123 cm³/mol. The monoisotopic (exact) mass is 455 g/mol. The summed E-state index contributed by atoms with van der Waals surface area (Å²) < 4.78 is 7.70. The van der Waals surface area contributed by atoms with Gasteiger partial charge in [0.05, 0.1) is 0 Å². The molecule has 1 aliphatic carbocycles. The molecule has 0 heterocycles. The Morgan fingerprint density at radius 3 is 2.43 bits per heavy atom. The zero-order chi connectivity index (χ0) is 18.7. The van der Waals surface area contributed by atoms with Crippen LogP contribution in [0.5, 0.6) is 0 Å². The molecule has 28 heavy (non-hydrogen) atoms. The number of allylic oxidation sites excluding steroid dienone is 2. The molecule has 0 unspecified atom stereocenters. The minimum Gasteiger partial charge on any atom is -0.147 e. The molecule has 0 radical (unpaired) electrons. The molecule has 2 nitrogen and oxygen atoms in total. The summed E-state index contributed by atoms with van der Waals surface area (Å²) in [4.78, 5) is 2.23. The van der Waals surface area contributed by atoms with Gasteiger partial charge in [0.2, 0.25) is 0 Å². The largest absolute Gasteiger partial charge is 0.147 e. The second kappa shape index (κ2) is 11.0. The van der Waals surface area contributed by atoms with Crippen molar-refractivity contribution < 1.29 is 22.9 Å². The van der Waals surface area contributed by atoms with E-state index in [1.54, 1.807) is 0 Å². The fraction of sp³-hybridized carbons (Fsp3) is 0.391. The average Bonchev–Trinajstić information content (AvgIpc) is 3.01. The van der Waals surface area contributed by atoms with Crippen LogP contribution in [0, 0.1) is 5.41 Å². The molecule has 2 aromatic carbocycles. The van der Waals surface area contributed by atoms with E-state index in [9.17, 15) is 0 Å². The van der Waals surface area contributed by atoms with Crippen LogP contribution in [0.3, 0.4) is 0 Å². The van der Waals surface area contributed by atoms with Gasteiger partial charge in [-0.05, 0) is 0 Å². The third-order valence-corrected chi connectivity index (χ3v) is 6.01. The Labute approximate surface area is 191 Å². The number of benzene rings is 2. The van der Waals surface area contributed by atoms with Crippen molar-refractivity contribution in [2.75, 3.05) is 27.2 Å². The van der Waals surface area contributed by atoms with Crippen molar-refractivity contribution in [2.24, 2.45) is 5.41 Å². The summed E-state index contributed by atoms with van der Waals surface area (Å²) in [5.41, 5.74) is 4.45. The first kappa shape index (κ1) is 25.4. The maximum Gasteiger partial charge on any atom is -0.147 e. The van der Waals surface area contributed by atoms with E-state index in [0.717, 1.165) is 19.6 Å².